The van der Waals surface area contributed by atoms with E-state index < -0.39 is 5.60 Å². The average molecular weight is 341 g/mol. The smallest absolute Gasteiger partial charge is 0.162 e. The fourth-order valence-corrected chi connectivity index (χ4v) is 3.29. The standard InChI is InChI=1S/C16H21BrO3/c1-19-14-8-11(10-16(18)6-7-16)13(17)9-15(14)20-12-4-2-3-5-12/h8-9,12,18H,2-7,10H2,1H3. The molecule has 0 amide bonds. The Hall–Kier alpha value is -0.740. The van der Waals surface area contributed by atoms with E-state index in [-0.39, 0.29) is 0 Å². The molecule has 1 aromatic rings. The maximum Gasteiger partial charge on any atom is 0.162 e. The van der Waals surface area contributed by atoms with Crippen molar-refractivity contribution in [2.24, 2.45) is 0 Å². The summed E-state index contributed by atoms with van der Waals surface area (Å²) in [7, 11) is 1.67. The van der Waals surface area contributed by atoms with E-state index in [2.05, 4.69) is 15.9 Å². The van der Waals surface area contributed by atoms with Crippen LogP contribution in [0.25, 0.3) is 0 Å². The van der Waals surface area contributed by atoms with Crippen molar-refractivity contribution in [1.29, 1.82) is 0 Å². The van der Waals surface area contributed by atoms with Gasteiger partial charge in [0.15, 0.2) is 11.5 Å². The molecule has 1 N–H and O–H groups in total. The summed E-state index contributed by atoms with van der Waals surface area (Å²) in [6.45, 7) is 0. The second-order valence-corrected chi connectivity index (χ2v) is 6.87. The van der Waals surface area contributed by atoms with Crippen molar-refractivity contribution >= 4 is 15.9 Å². The van der Waals surface area contributed by atoms with Crippen LogP contribution in [0.2, 0.25) is 0 Å². The van der Waals surface area contributed by atoms with Gasteiger partial charge in [-0.1, -0.05) is 15.9 Å². The van der Waals surface area contributed by atoms with Crippen LogP contribution in [-0.2, 0) is 6.42 Å². The molecule has 3 nitrogen and oxygen atoms in total. The molecule has 0 heterocycles. The van der Waals surface area contributed by atoms with Crippen LogP contribution >= 0.6 is 15.9 Å². The van der Waals surface area contributed by atoms with Crippen molar-refractivity contribution in [3.8, 4) is 11.5 Å². The summed E-state index contributed by atoms with van der Waals surface area (Å²) < 4.78 is 12.5. The number of hydrogen-bond acceptors (Lipinski definition) is 3. The second-order valence-electron chi connectivity index (χ2n) is 6.02. The lowest BCUT2D eigenvalue weighted by Gasteiger charge is -2.18. The Labute approximate surface area is 128 Å². The molecule has 1 aromatic carbocycles. The lowest BCUT2D eigenvalue weighted by Crippen LogP contribution is -2.13. The minimum absolute atomic E-state index is 0.314. The van der Waals surface area contributed by atoms with Gasteiger partial charge in [0.05, 0.1) is 18.8 Å². The first kappa shape index (κ1) is 14.2. The predicted octanol–water partition coefficient (Wildman–Crippen LogP) is 3.85. The molecule has 0 aliphatic heterocycles. The number of hydrogen-bond donors (Lipinski definition) is 1. The molecule has 2 fully saturated rings. The topological polar surface area (TPSA) is 38.7 Å². The Morgan fingerprint density at radius 1 is 1.25 bits per heavy atom. The van der Waals surface area contributed by atoms with E-state index in [1.807, 2.05) is 12.1 Å². The number of rotatable bonds is 5. The van der Waals surface area contributed by atoms with Gasteiger partial charge in [-0.3, -0.25) is 0 Å². The highest BCUT2D eigenvalue weighted by atomic mass is 79.9. The van der Waals surface area contributed by atoms with Gasteiger partial charge in [-0.2, -0.15) is 0 Å². The van der Waals surface area contributed by atoms with E-state index in [0.717, 1.165) is 47.2 Å². The normalized spacial score (nSPS) is 20.9. The van der Waals surface area contributed by atoms with Gasteiger partial charge in [0.2, 0.25) is 0 Å². The molecule has 0 spiro atoms. The van der Waals surface area contributed by atoms with Crippen LogP contribution in [0, 0.1) is 0 Å². The molecule has 2 aliphatic rings. The summed E-state index contributed by atoms with van der Waals surface area (Å²) in [4.78, 5) is 0. The minimum Gasteiger partial charge on any atom is -0.493 e. The summed E-state index contributed by atoms with van der Waals surface area (Å²) >= 11 is 3.59. The molecule has 0 aromatic heterocycles. The first-order valence-corrected chi connectivity index (χ1v) is 8.14. The third kappa shape index (κ3) is 3.12. The first-order valence-electron chi connectivity index (χ1n) is 7.35. The number of benzene rings is 1. The van der Waals surface area contributed by atoms with Crippen LogP contribution in [0.15, 0.2) is 16.6 Å². The van der Waals surface area contributed by atoms with Gasteiger partial charge in [0.25, 0.3) is 0 Å². The fraction of sp³-hybridized carbons (Fsp3) is 0.625. The zero-order valence-corrected chi connectivity index (χ0v) is 13.4. The predicted molar refractivity (Wildman–Crippen MR) is 81.5 cm³/mol. The Bertz CT molecular complexity index is 491. The molecule has 20 heavy (non-hydrogen) atoms. The van der Waals surface area contributed by atoms with E-state index in [1.165, 1.54) is 12.8 Å². The lowest BCUT2D eigenvalue weighted by molar-refractivity contribution is 0.150. The molecule has 2 saturated carbocycles. The van der Waals surface area contributed by atoms with E-state index in [4.69, 9.17) is 9.47 Å². The van der Waals surface area contributed by atoms with Crippen molar-refractivity contribution in [3.05, 3.63) is 22.2 Å². The molecule has 0 bridgehead atoms. The van der Waals surface area contributed by atoms with E-state index in [9.17, 15) is 5.11 Å². The Balaban J connectivity index is 1.80. The van der Waals surface area contributed by atoms with Crippen LogP contribution in [0.5, 0.6) is 11.5 Å². The third-order valence-corrected chi connectivity index (χ3v) is 5.01. The van der Waals surface area contributed by atoms with E-state index >= 15 is 0 Å². The van der Waals surface area contributed by atoms with Crippen LogP contribution in [0.1, 0.15) is 44.1 Å². The average Bonchev–Trinajstić information content (AvgIpc) is 2.93. The zero-order chi connectivity index (χ0) is 14.2. The van der Waals surface area contributed by atoms with Gasteiger partial charge >= 0.3 is 0 Å². The molecule has 2 aliphatic carbocycles. The molecular formula is C16H21BrO3. The van der Waals surface area contributed by atoms with Crippen molar-refractivity contribution in [1.82, 2.24) is 0 Å². The Morgan fingerprint density at radius 2 is 1.95 bits per heavy atom. The van der Waals surface area contributed by atoms with Gasteiger partial charge in [0.1, 0.15) is 0 Å². The highest BCUT2D eigenvalue weighted by Crippen LogP contribution is 2.42. The van der Waals surface area contributed by atoms with Crippen LogP contribution in [-0.4, -0.2) is 23.9 Å². The highest BCUT2D eigenvalue weighted by molar-refractivity contribution is 9.10. The number of methoxy groups -OCH3 is 1. The van der Waals surface area contributed by atoms with E-state index in [1.54, 1.807) is 7.11 Å². The maximum atomic E-state index is 10.1. The molecule has 4 heteroatoms. The SMILES string of the molecule is COc1cc(CC2(O)CC2)c(Br)cc1OC1CCCC1. The largest absolute Gasteiger partial charge is 0.493 e. The molecule has 110 valence electrons. The van der Waals surface area contributed by atoms with Gasteiger partial charge < -0.3 is 14.6 Å². The van der Waals surface area contributed by atoms with Crippen molar-refractivity contribution < 1.29 is 14.6 Å². The number of halogens is 1. The summed E-state index contributed by atoms with van der Waals surface area (Å²) in [5, 5.41) is 10.1. The first-order chi connectivity index (χ1) is 9.59. The van der Waals surface area contributed by atoms with Gasteiger partial charge in [0, 0.05) is 10.9 Å². The highest BCUT2D eigenvalue weighted by Gasteiger charge is 2.40. The minimum atomic E-state index is -0.499. The molecular weight excluding hydrogens is 320 g/mol. The van der Waals surface area contributed by atoms with Crippen molar-refractivity contribution in [3.63, 3.8) is 0 Å². The monoisotopic (exact) mass is 340 g/mol. The van der Waals surface area contributed by atoms with Crippen LogP contribution in [0.4, 0.5) is 0 Å². The number of aliphatic hydroxyl groups is 1. The number of ether oxygens (including phenoxy) is 2. The second kappa shape index (κ2) is 5.57. The fourth-order valence-electron chi connectivity index (χ4n) is 2.83. The van der Waals surface area contributed by atoms with Crippen LogP contribution in [0.3, 0.4) is 0 Å². The summed E-state index contributed by atoms with van der Waals surface area (Å²) in [5.74, 6) is 1.57. The van der Waals surface area contributed by atoms with Gasteiger partial charge in [-0.25, -0.2) is 0 Å². The Kier molecular flexibility index (Phi) is 3.95. The third-order valence-electron chi connectivity index (χ3n) is 4.28. The molecule has 0 atom stereocenters. The molecule has 0 saturated heterocycles. The molecule has 0 radical (unpaired) electrons. The Morgan fingerprint density at radius 3 is 2.55 bits per heavy atom. The summed E-state index contributed by atoms with van der Waals surface area (Å²) in [5.41, 5.74) is 0.585. The lowest BCUT2D eigenvalue weighted by atomic mass is 10.1. The quantitative estimate of drug-likeness (QED) is 0.884. The van der Waals surface area contributed by atoms with Crippen LogP contribution < -0.4 is 9.47 Å². The molecule has 3 rings (SSSR count). The van der Waals surface area contributed by atoms with E-state index in [0.29, 0.717) is 12.5 Å². The summed E-state index contributed by atoms with van der Waals surface area (Å²) in [6.07, 6.45) is 7.52. The maximum absolute atomic E-state index is 10.1. The van der Waals surface area contributed by atoms with Crippen molar-refractivity contribution in [2.75, 3.05) is 7.11 Å². The summed E-state index contributed by atoms with van der Waals surface area (Å²) in [6, 6.07) is 3.98. The molecule has 0 unspecified atom stereocenters. The van der Waals surface area contributed by atoms with Gasteiger partial charge in [-0.15, -0.1) is 0 Å². The zero-order valence-electron chi connectivity index (χ0n) is 11.8. The van der Waals surface area contributed by atoms with Gasteiger partial charge in [-0.05, 0) is 56.2 Å². The van der Waals surface area contributed by atoms with Crippen molar-refractivity contribution in [2.45, 2.75) is 56.7 Å².